The van der Waals surface area contributed by atoms with E-state index >= 15 is 0 Å². The summed E-state index contributed by atoms with van der Waals surface area (Å²) in [5, 5.41) is 8.99. The maximum absolute atomic E-state index is 10.9. The Hall–Kier alpha value is -1.16. The molecule has 1 saturated heterocycles. The molecule has 0 radical (unpaired) electrons. The smallest absolute Gasteiger partial charge is 0.304 e. The molecule has 0 aromatic heterocycles. The first-order chi connectivity index (χ1) is 9.68. The Morgan fingerprint density at radius 1 is 1.25 bits per heavy atom. The molecule has 1 aromatic rings. The molecule has 0 bridgehead atoms. The zero-order valence-corrected chi connectivity index (χ0v) is 12.3. The normalized spacial score (nSPS) is 21.4. The number of carboxylic acid groups (broad SMARTS) is 1. The van der Waals surface area contributed by atoms with Gasteiger partial charge in [-0.05, 0) is 54.9 Å². The third-order valence-electron chi connectivity index (χ3n) is 4.28. The second-order valence-corrected chi connectivity index (χ2v) is 7.03. The van der Waals surface area contributed by atoms with E-state index in [0.717, 1.165) is 37.0 Å². The Morgan fingerprint density at radius 3 is 2.45 bits per heavy atom. The van der Waals surface area contributed by atoms with E-state index in [4.69, 9.17) is 9.84 Å². The second kappa shape index (κ2) is 5.68. The summed E-state index contributed by atoms with van der Waals surface area (Å²) in [6.07, 6.45) is 4.80. The molecule has 1 heterocycles. The van der Waals surface area contributed by atoms with Gasteiger partial charge in [0.15, 0.2) is 0 Å². The molecule has 1 saturated carbocycles. The van der Waals surface area contributed by atoms with Crippen LogP contribution in [-0.2, 0) is 10.2 Å². The SMILES string of the molecule is O=C(O)CC1(c2ccc(OC3CCSCC3)cc2)CC1. The van der Waals surface area contributed by atoms with E-state index < -0.39 is 5.97 Å². The molecular weight excluding hydrogens is 272 g/mol. The van der Waals surface area contributed by atoms with Gasteiger partial charge in [-0.25, -0.2) is 0 Å². The van der Waals surface area contributed by atoms with Gasteiger partial charge in [-0.1, -0.05) is 12.1 Å². The molecule has 0 spiro atoms. The van der Waals surface area contributed by atoms with E-state index in [2.05, 4.69) is 0 Å². The van der Waals surface area contributed by atoms with E-state index in [1.54, 1.807) is 0 Å². The van der Waals surface area contributed by atoms with Gasteiger partial charge in [0.05, 0.1) is 6.42 Å². The van der Waals surface area contributed by atoms with Gasteiger partial charge in [-0.2, -0.15) is 11.8 Å². The molecule has 1 aromatic carbocycles. The molecule has 0 atom stereocenters. The third-order valence-corrected chi connectivity index (χ3v) is 5.33. The highest BCUT2D eigenvalue weighted by atomic mass is 32.2. The lowest BCUT2D eigenvalue weighted by Crippen LogP contribution is -2.22. The summed E-state index contributed by atoms with van der Waals surface area (Å²) >= 11 is 1.99. The van der Waals surface area contributed by atoms with Crippen LogP contribution in [-0.4, -0.2) is 28.7 Å². The van der Waals surface area contributed by atoms with Crippen molar-refractivity contribution in [2.24, 2.45) is 0 Å². The lowest BCUT2D eigenvalue weighted by Gasteiger charge is -2.23. The summed E-state index contributed by atoms with van der Waals surface area (Å²) in [5.41, 5.74) is 1.04. The molecule has 2 fully saturated rings. The Kier molecular flexibility index (Phi) is 3.92. The molecule has 2 aliphatic rings. The van der Waals surface area contributed by atoms with Crippen LogP contribution >= 0.6 is 11.8 Å². The van der Waals surface area contributed by atoms with Crippen LogP contribution in [0.3, 0.4) is 0 Å². The minimum absolute atomic E-state index is 0.105. The van der Waals surface area contributed by atoms with Crippen LogP contribution in [0, 0.1) is 0 Å². The van der Waals surface area contributed by atoms with Crippen LogP contribution in [0.2, 0.25) is 0 Å². The number of hydrogen-bond acceptors (Lipinski definition) is 3. The van der Waals surface area contributed by atoms with Crippen molar-refractivity contribution in [1.29, 1.82) is 0 Å². The number of ether oxygens (including phenoxy) is 1. The molecule has 3 rings (SSSR count). The average molecular weight is 292 g/mol. The highest BCUT2D eigenvalue weighted by Gasteiger charge is 2.45. The zero-order valence-electron chi connectivity index (χ0n) is 11.5. The van der Waals surface area contributed by atoms with Crippen molar-refractivity contribution in [2.75, 3.05) is 11.5 Å². The summed E-state index contributed by atoms with van der Waals surface area (Å²) in [6.45, 7) is 0. The Morgan fingerprint density at radius 2 is 1.90 bits per heavy atom. The zero-order chi connectivity index (χ0) is 14.0. The van der Waals surface area contributed by atoms with Crippen LogP contribution in [0.15, 0.2) is 24.3 Å². The maximum atomic E-state index is 10.9. The predicted octanol–water partition coefficient (Wildman–Crippen LogP) is 3.47. The first kappa shape index (κ1) is 13.8. The molecule has 1 aliphatic carbocycles. The predicted molar refractivity (Wildman–Crippen MR) is 80.6 cm³/mol. The summed E-state index contributed by atoms with van der Waals surface area (Å²) in [6, 6.07) is 8.09. The number of aliphatic carboxylic acids is 1. The topological polar surface area (TPSA) is 46.5 Å². The van der Waals surface area contributed by atoms with Crippen molar-refractivity contribution in [3.05, 3.63) is 29.8 Å². The lowest BCUT2D eigenvalue weighted by atomic mass is 9.92. The molecule has 3 nitrogen and oxygen atoms in total. The second-order valence-electron chi connectivity index (χ2n) is 5.80. The number of carbonyl (C=O) groups is 1. The lowest BCUT2D eigenvalue weighted by molar-refractivity contribution is -0.137. The van der Waals surface area contributed by atoms with Gasteiger partial charge < -0.3 is 9.84 Å². The molecule has 108 valence electrons. The van der Waals surface area contributed by atoms with Crippen molar-refractivity contribution in [3.63, 3.8) is 0 Å². The molecule has 1 aliphatic heterocycles. The van der Waals surface area contributed by atoms with Crippen LogP contribution in [0.4, 0.5) is 0 Å². The Balaban J connectivity index is 1.64. The number of rotatable bonds is 5. The molecule has 0 amide bonds. The number of carboxylic acids is 1. The molecule has 0 unspecified atom stereocenters. The number of thioether (sulfide) groups is 1. The monoisotopic (exact) mass is 292 g/mol. The maximum Gasteiger partial charge on any atom is 0.304 e. The van der Waals surface area contributed by atoms with Crippen molar-refractivity contribution < 1.29 is 14.6 Å². The van der Waals surface area contributed by atoms with Crippen molar-refractivity contribution >= 4 is 17.7 Å². The summed E-state index contributed by atoms with van der Waals surface area (Å²) in [5.74, 6) is 2.58. The fourth-order valence-electron chi connectivity index (χ4n) is 2.88. The first-order valence-electron chi connectivity index (χ1n) is 7.25. The fraction of sp³-hybridized carbons (Fsp3) is 0.562. The first-order valence-corrected chi connectivity index (χ1v) is 8.40. The van der Waals surface area contributed by atoms with Gasteiger partial charge in [-0.3, -0.25) is 4.79 Å². The minimum Gasteiger partial charge on any atom is -0.490 e. The van der Waals surface area contributed by atoms with Crippen molar-refractivity contribution in [1.82, 2.24) is 0 Å². The number of benzene rings is 1. The number of hydrogen-bond donors (Lipinski definition) is 1. The van der Waals surface area contributed by atoms with Crippen molar-refractivity contribution in [3.8, 4) is 5.75 Å². The molecule has 20 heavy (non-hydrogen) atoms. The van der Waals surface area contributed by atoms with Crippen LogP contribution in [0.1, 0.15) is 37.7 Å². The standard InChI is InChI=1S/C16H20O3S/c17-15(18)11-16(7-8-16)12-1-3-13(4-2-12)19-14-5-9-20-10-6-14/h1-4,14H,5-11H2,(H,17,18). The van der Waals surface area contributed by atoms with Crippen LogP contribution in [0.25, 0.3) is 0 Å². The van der Waals surface area contributed by atoms with Gasteiger partial charge >= 0.3 is 5.97 Å². The molecule has 1 N–H and O–H groups in total. The van der Waals surface area contributed by atoms with E-state index in [9.17, 15) is 4.79 Å². The van der Waals surface area contributed by atoms with Crippen LogP contribution < -0.4 is 4.74 Å². The minimum atomic E-state index is -0.706. The van der Waals surface area contributed by atoms with E-state index in [-0.39, 0.29) is 11.8 Å². The van der Waals surface area contributed by atoms with Gasteiger partial charge in [-0.15, -0.1) is 0 Å². The molecule has 4 heteroatoms. The van der Waals surface area contributed by atoms with Gasteiger partial charge in [0.25, 0.3) is 0 Å². The largest absolute Gasteiger partial charge is 0.490 e. The van der Waals surface area contributed by atoms with Gasteiger partial charge in [0.1, 0.15) is 11.9 Å². The van der Waals surface area contributed by atoms with Gasteiger partial charge in [0, 0.05) is 5.41 Å². The van der Waals surface area contributed by atoms with E-state index in [1.165, 1.54) is 11.5 Å². The Labute approximate surface area is 123 Å². The third kappa shape index (κ3) is 3.11. The summed E-state index contributed by atoms with van der Waals surface area (Å²) in [7, 11) is 0. The highest BCUT2D eigenvalue weighted by molar-refractivity contribution is 7.99. The fourth-order valence-corrected chi connectivity index (χ4v) is 3.94. The van der Waals surface area contributed by atoms with Gasteiger partial charge in [0.2, 0.25) is 0 Å². The molecular formula is C16H20O3S. The Bertz CT molecular complexity index is 473. The highest BCUT2D eigenvalue weighted by Crippen LogP contribution is 2.51. The average Bonchev–Trinajstić information content (AvgIpc) is 3.21. The van der Waals surface area contributed by atoms with E-state index in [0.29, 0.717) is 6.10 Å². The van der Waals surface area contributed by atoms with Crippen molar-refractivity contribution in [2.45, 2.75) is 43.6 Å². The quantitative estimate of drug-likeness (QED) is 0.902. The summed E-state index contributed by atoms with van der Waals surface area (Å²) < 4.78 is 5.99. The van der Waals surface area contributed by atoms with Crippen LogP contribution in [0.5, 0.6) is 5.75 Å². The summed E-state index contributed by atoms with van der Waals surface area (Å²) in [4.78, 5) is 10.9. The van der Waals surface area contributed by atoms with E-state index in [1.807, 2.05) is 36.0 Å².